The van der Waals surface area contributed by atoms with Gasteiger partial charge in [-0.2, -0.15) is 5.10 Å². The van der Waals surface area contributed by atoms with Gasteiger partial charge < -0.3 is 5.11 Å². The van der Waals surface area contributed by atoms with E-state index in [4.69, 9.17) is 11.6 Å². The largest absolute Gasteiger partial charge is 0.390 e. The van der Waals surface area contributed by atoms with Crippen molar-refractivity contribution in [3.63, 3.8) is 0 Å². The van der Waals surface area contributed by atoms with E-state index >= 15 is 0 Å². The second-order valence-corrected chi connectivity index (χ2v) is 6.22. The van der Waals surface area contributed by atoms with Gasteiger partial charge in [0.05, 0.1) is 17.0 Å². The molecule has 0 saturated carbocycles. The molecule has 0 fully saturated rings. The highest BCUT2D eigenvalue weighted by molar-refractivity contribution is 7.16. The Kier molecular flexibility index (Phi) is 5.39. The standard InChI is InChI=1S/C13H18ClN3OS/c1-2-16(10-12-4-5-13(14)19-12)8-11(18)9-17-7-3-6-15-17/h3-7,11,18H,2,8-10H2,1H3. The predicted molar refractivity (Wildman–Crippen MR) is 78.5 cm³/mol. The predicted octanol–water partition coefficient (Wildman–Crippen LogP) is 2.48. The quantitative estimate of drug-likeness (QED) is 0.854. The Balaban J connectivity index is 1.84. The van der Waals surface area contributed by atoms with Gasteiger partial charge in [-0.15, -0.1) is 11.3 Å². The molecule has 0 aliphatic carbocycles. The third-order valence-electron chi connectivity index (χ3n) is 2.88. The van der Waals surface area contributed by atoms with Crippen molar-refractivity contribution in [2.75, 3.05) is 13.1 Å². The molecule has 1 N–H and O–H groups in total. The van der Waals surface area contributed by atoms with Gasteiger partial charge in [-0.1, -0.05) is 18.5 Å². The van der Waals surface area contributed by atoms with Crippen LogP contribution in [0.1, 0.15) is 11.8 Å². The minimum absolute atomic E-state index is 0.421. The van der Waals surface area contributed by atoms with E-state index in [9.17, 15) is 5.11 Å². The third-order valence-corrected chi connectivity index (χ3v) is 4.10. The van der Waals surface area contributed by atoms with E-state index in [2.05, 4.69) is 16.9 Å². The van der Waals surface area contributed by atoms with Crippen LogP contribution in [-0.2, 0) is 13.1 Å². The van der Waals surface area contributed by atoms with Crippen LogP contribution in [0.4, 0.5) is 0 Å². The molecule has 0 bridgehead atoms. The van der Waals surface area contributed by atoms with Crippen molar-refractivity contribution in [3.8, 4) is 0 Å². The van der Waals surface area contributed by atoms with Crippen molar-refractivity contribution in [1.82, 2.24) is 14.7 Å². The molecule has 0 aromatic carbocycles. The molecule has 2 heterocycles. The van der Waals surface area contributed by atoms with Gasteiger partial charge in [-0.05, 0) is 24.7 Å². The Morgan fingerprint density at radius 1 is 1.53 bits per heavy atom. The van der Waals surface area contributed by atoms with Crippen LogP contribution in [0.3, 0.4) is 0 Å². The molecule has 2 aromatic rings. The highest BCUT2D eigenvalue weighted by atomic mass is 35.5. The number of nitrogens with zero attached hydrogens (tertiary/aromatic N) is 3. The molecule has 0 spiro atoms. The second kappa shape index (κ2) is 7.05. The average Bonchev–Trinajstić information content (AvgIpc) is 3.00. The van der Waals surface area contributed by atoms with E-state index in [1.165, 1.54) is 4.88 Å². The van der Waals surface area contributed by atoms with Crippen LogP contribution in [0.15, 0.2) is 30.6 Å². The minimum atomic E-state index is -0.421. The van der Waals surface area contributed by atoms with E-state index in [-0.39, 0.29) is 0 Å². The molecule has 104 valence electrons. The topological polar surface area (TPSA) is 41.3 Å². The summed E-state index contributed by atoms with van der Waals surface area (Å²) in [6.45, 7) is 4.96. The number of aliphatic hydroxyl groups excluding tert-OH is 1. The van der Waals surface area contributed by atoms with E-state index in [1.807, 2.05) is 24.4 Å². The molecule has 6 heteroatoms. The monoisotopic (exact) mass is 299 g/mol. The van der Waals surface area contributed by atoms with Crippen molar-refractivity contribution in [2.24, 2.45) is 0 Å². The molecule has 2 rings (SSSR count). The zero-order valence-corrected chi connectivity index (χ0v) is 12.4. The van der Waals surface area contributed by atoms with Crippen LogP contribution in [0.5, 0.6) is 0 Å². The summed E-state index contributed by atoms with van der Waals surface area (Å²) in [6.07, 6.45) is 3.16. The van der Waals surface area contributed by atoms with E-state index in [0.29, 0.717) is 13.1 Å². The van der Waals surface area contributed by atoms with Gasteiger partial charge in [-0.3, -0.25) is 9.58 Å². The molecule has 1 atom stereocenters. The minimum Gasteiger partial charge on any atom is -0.390 e. The van der Waals surface area contributed by atoms with E-state index in [0.717, 1.165) is 17.4 Å². The molecule has 0 amide bonds. The maximum atomic E-state index is 10.1. The van der Waals surface area contributed by atoms with Gasteiger partial charge >= 0.3 is 0 Å². The number of halogens is 1. The van der Waals surface area contributed by atoms with Crippen LogP contribution >= 0.6 is 22.9 Å². The first kappa shape index (κ1) is 14.5. The molecular weight excluding hydrogens is 282 g/mol. The van der Waals surface area contributed by atoms with Gasteiger partial charge in [0.15, 0.2) is 0 Å². The third kappa shape index (κ3) is 4.62. The summed E-state index contributed by atoms with van der Waals surface area (Å²) in [5.41, 5.74) is 0. The maximum Gasteiger partial charge on any atom is 0.0931 e. The Hall–Kier alpha value is -0.880. The summed E-state index contributed by atoms with van der Waals surface area (Å²) in [4.78, 5) is 3.43. The fourth-order valence-corrected chi connectivity index (χ4v) is 3.07. The molecule has 19 heavy (non-hydrogen) atoms. The van der Waals surface area contributed by atoms with Crippen LogP contribution in [0.2, 0.25) is 4.34 Å². The van der Waals surface area contributed by atoms with Crippen LogP contribution in [-0.4, -0.2) is 39.0 Å². The van der Waals surface area contributed by atoms with Gasteiger partial charge in [0, 0.05) is 30.4 Å². The summed E-state index contributed by atoms with van der Waals surface area (Å²) < 4.78 is 2.56. The first-order valence-electron chi connectivity index (χ1n) is 6.29. The second-order valence-electron chi connectivity index (χ2n) is 4.42. The Morgan fingerprint density at radius 3 is 2.95 bits per heavy atom. The van der Waals surface area contributed by atoms with Crippen molar-refractivity contribution < 1.29 is 5.11 Å². The number of likely N-dealkylation sites (N-methyl/N-ethyl adjacent to an activating group) is 1. The van der Waals surface area contributed by atoms with Crippen LogP contribution < -0.4 is 0 Å². The average molecular weight is 300 g/mol. The fraction of sp³-hybridized carbons (Fsp3) is 0.462. The summed E-state index contributed by atoms with van der Waals surface area (Å²) in [5, 5.41) is 14.2. The number of hydrogen-bond acceptors (Lipinski definition) is 4. The molecule has 0 aliphatic rings. The first-order valence-corrected chi connectivity index (χ1v) is 7.49. The lowest BCUT2D eigenvalue weighted by atomic mass is 10.3. The van der Waals surface area contributed by atoms with Gasteiger partial charge in [0.25, 0.3) is 0 Å². The number of aliphatic hydroxyl groups is 1. The molecular formula is C13H18ClN3OS. The SMILES string of the molecule is CCN(Cc1ccc(Cl)s1)CC(O)Cn1cccn1. The number of rotatable bonds is 7. The number of hydrogen-bond donors (Lipinski definition) is 1. The fourth-order valence-electron chi connectivity index (χ4n) is 1.94. The number of aromatic nitrogens is 2. The summed E-state index contributed by atoms with van der Waals surface area (Å²) in [6, 6.07) is 5.81. The summed E-state index contributed by atoms with van der Waals surface area (Å²) in [5.74, 6) is 0. The molecule has 0 radical (unpaired) electrons. The van der Waals surface area contributed by atoms with Gasteiger partial charge in [0.2, 0.25) is 0 Å². The van der Waals surface area contributed by atoms with E-state index < -0.39 is 6.10 Å². The van der Waals surface area contributed by atoms with E-state index in [1.54, 1.807) is 22.2 Å². The lowest BCUT2D eigenvalue weighted by Gasteiger charge is -2.23. The van der Waals surface area contributed by atoms with Gasteiger partial charge in [0.1, 0.15) is 0 Å². The zero-order chi connectivity index (χ0) is 13.7. The Morgan fingerprint density at radius 2 is 2.37 bits per heavy atom. The lowest BCUT2D eigenvalue weighted by molar-refractivity contribution is 0.0945. The molecule has 2 aromatic heterocycles. The smallest absolute Gasteiger partial charge is 0.0931 e. The number of thiophene rings is 1. The molecule has 0 aliphatic heterocycles. The normalized spacial score (nSPS) is 13.1. The van der Waals surface area contributed by atoms with Gasteiger partial charge in [-0.25, -0.2) is 0 Å². The van der Waals surface area contributed by atoms with Crippen molar-refractivity contribution >= 4 is 22.9 Å². The van der Waals surface area contributed by atoms with Crippen molar-refractivity contribution in [2.45, 2.75) is 26.1 Å². The summed E-state index contributed by atoms with van der Waals surface area (Å²) in [7, 11) is 0. The maximum absolute atomic E-state index is 10.1. The van der Waals surface area contributed by atoms with Crippen LogP contribution in [0, 0.1) is 0 Å². The van der Waals surface area contributed by atoms with Crippen LogP contribution in [0.25, 0.3) is 0 Å². The molecule has 0 saturated heterocycles. The first-order chi connectivity index (χ1) is 9.17. The zero-order valence-electron chi connectivity index (χ0n) is 10.9. The summed E-state index contributed by atoms with van der Waals surface area (Å²) >= 11 is 7.52. The van der Waals surface area contributed by atoms with Crippen molar-refractivity contribution in [1.29, 1.82) is 0 Å². The highest BCUT2D eigenvalue weighted by Gasteiger charge is 2.12. The highest BCUT2D eigenvalue weighted by Crippen LogP contribution is 2.22. The molecule has 1 unspecified atom stereocenters. The Bertz CT molecular complexity index is 486. The Labute approximate surface area is 122 Å². The van der Waals surface area contributed by atoms with Crippen molar-refractivity contribution in [3.05, 3.63) is 39.8 Å². The molecule has 4 nitrogen and oxygen atoms in total. The lowest BCUT2D eigenvalue weighted by Crippen LogP contribution is -2.34.